The molecular formula is C58H33NO2S3. The lowest BCUT2D eigenvalue weighted by Crippen LogP contribution is -2.42. The molecule has 15 aromatic rings. The van der Waals surface area contributed by atoms with Gasteiger partial charge in [0.1, 0.15) is 0 Å². The van der Waals surface area contributed by atoms with E-state index < -0.39 is 0 Å². The Bertz CT molecular complexity index is 4700. The van der Waals surface area contributed by atoms with Crippen LogP contribution >= 0.6 is 34.0 Å². The van der Waals surface area contributed by atoms with Crippen molar-refractivity contribution in [2.75, 3.05) is 40.0 Å². The number of rotatable bonds is 9. The zero-order valence-electron chi connectivity index (χ0n) is 34.7. The molecular weight excluding hydrogens is 839 g/mol. The van der Waals surface area contributed by atoms with Gasteiger partial charge in [-0.05, 0) is 219 Å². The van der Waals surface area contributed by atoms with Gasteiger partial charge < -0.3 is 9.47 Å². The van der Waals surface area contributed by atoms with Crippen molar-refractivity contribution in [2.24, 2.45) is 5.92 Å². The Balaban J connectivity index is 0.951. The zero-order valence-corrected chi connectivity index (χ0v) is 37.2. The SMILES string of the molecule is COCCOCCN1CC23Cc4cc5cc6cc7cc8cc9c%10c%11c%12c(c%13c2c4c2c5c4c6c7c5c8c%10c6c%12c%13c2c4c56)=C(CC=%11C9)C3C1c1ccc(-c2ccc(-c3cccs3)s2)s1. The second-order valence-corrected chi connectivity index (χ2v) is 23.8. The number of likely N-dealkylation sites (tertiary alicyclic amines) is 1. The summed E-state index contributed by atoms with van der Waals surface area (Å²) in [6.45, 7) is 3.96. The normalized spacial score (nSPS) is 21.9. The van der Waals surface area contributed by atoms with E-state index in [1.165, 1.54) is 45.9 Å². The van der Waals surface area contributed by atoms with Gasteiger partial charge in [-0.15, -0.1) is 34.0 Å². The van der Waals surface area contributed by atoms with E-state index in [1.54, 1.807) is 142 Å². The number of nitrogens with zero attached hydrogens (tertiary/aromatic N) is 1. The first-order valence-electron chi connectivity index (χ1n) is 23.3. The fourth-order valence-corrected chi connectivity index (χ4v) is 19.9. The van der Waals surface area contributed by atoms with Crippen LogP contribution in [0.3, 0.4) is 0 Å². The van der Waals surface area contributed by atoms with Crippen LogP contribution in [-0.4, -0.2) is 44.9 Å². The van der Waals surface area contributed by atoms with Crippen LogP contribution in [0.5, 0.6) is 0 Å². The largest absolute Gasteiger partial charge is 0.382 e. The highest BCUT2D eigenvalue weighted by Gasteiger charge is 2.61. The molecule has 64 heavy (non-hydrogen) atoms. The molecule has 20 rings (SSSR count). The fraction of sp³-hybridized carbons (Fsp3) is 0.207. The molecule has 3 unspecified atom stereocenters. The standard InChI is InChI=1S/C58H33NO2S3/c1-60-10-11-61-9-8-59-21-58-20-28-18-26-16-23-13-22-14-25-15-24-17-27-19-29(55(58)57(59)34-7-6-33(64-34)32-5-4-31(63-32)30-3-2-12-62-30)42-47-38(27)37(24)44-39(25)43-35(22)36(23)45-40(26)46-41(28)56(58)54(42)53-51(46)49(45)48(43)50(44)52(47)53/h2-7,12-16,18,55,57H,8-11,17,19-21H2,1H3. The average molecular weight is 872 g/mol. The van der Waals surface area contributed by atoms with Crippen molar-refractivity contribution in [3.05, 3.63) is 104 Å². The Hall–Kier alpha value is -5.44. The molecule has 300 valence electrons. The third-order valence-corrected chi connectivity index (χ3v) is 21.8. The molecule has 0 amide bonds. The van der Waals surface area contributed by atoms with Crippen molar-refractivity contribution in [3.63, 3.8) is 0 Å². The van der Waals surface area contributed by atoms with Gasteiger partial charge in [0.2, 0.25) is 0 Å². The van der Waals surface area contributed by atoms with Crippen LogP contribution in [0.2, 0.25) is 0 Å². The first kappa shape index (κ1) is 32.3. The van der Waals surface area contributed by atoms with Gasteiger partial charge in [-0.2, -0.15) is 0 Å². The molecule has 0 saturated carbocycles. The molecule has 1 saturated heterocycles. The summed E-state index contributed by atoms with van der Waals surface area (Å²) < 4.78 is 11.8. The fourth-order valence-electron chi connectivity index (χ4n) is 16.8. The Morgan fingerprint density at radius 2 is 1.22 bits per heavy atom. The number of fused-ring (bicyclic) bond motifs is 1. The number of benzene rings is 8. The maximum Gasteiger partial charge on any atom is 0.0700 e. The first-order valence-corrected chi connectivity index (χ1v) is 25.8. The molecule has 1 fully saturated rings. The van der Waals surface area contributed by atoms with Crippen molar-refractivity contribution in [1.29, 1.82) is 0 Å². The van der Waals surface area contributed by atoms with E-state index in [0.29, 0.717) is 25.7 Å². The van der Waals surface area contributed by atoms with Crippen molar-refractivity contribution in [3.8, 4) is 19.5 Å². The third kappa shape index (κ3) is 3.02. The molecule has 3 aromatic heterocycles. The van der Waals surface area contributed by atoms with Crippen LogP contribution < -0.4 is 10.4 Å². The molecule has 1 aliphatic heterocycles. The number of hydrogen-bond acceptors (Lipinski definition) is 6. The average Bonchev–Trinajstić information content (AvgIpc) is 4.14. The summed E-state index contributed by atoms with van der Waals surface area (Å²) in [5.41, 5.74) is 8.36. The lowest BCUT2D eigenvalue weighted by molar-refractivity contribution is 0.0542. The van der Waals surface area contributed by atoms with Gasteiger partial charge in [-0.3, -0.25) is 4.90 Å². The highest BCUT2D eigenvalue weighted by molar-refractivity contribution is 7.26. The highest BCUT2D eigenvalue weighted by atomic mass is 32.1. The van der Waals surface area contributed by atoms with Gasteiger partial charge in [0.05, 0.1) is 25.9 Å². The monoisotopic (exact) mass is 871 g/mol. The van der Waals surface area contributed by atoms with Crippen LogP contribution in [-0.2, 0) is 27.7 Å². The van der Waals surface area contributed by atoms with Gasteiger partial charge in [-0.1, -0.05) is 29.3 Å². The second kappa shape index (κ2) is 9.87. The predicted molar refractivity (Wildman–Crippen MR) is 271 cm³/mol. The molecule has 6 heteroatoms. The van der Waals surface area contributed by atoms with E-state index >= 15 is 0 Å². The van der Waals surface area contributed by atoms with Gasteiger partial charge in [0.15, 0.2) is 0 Å². The third-order valence-electron chi connectivity index (χ3n) is 18.3. The van der Waals surface area contributed by atoms with Crippen LogP contribution in [0, 0.1) is 5.92 Å². The molecule has 1 spiro atoms. The van der Waals surface area contributed by atoms with E-state index in [0.717, 1.165) is 32.4 Å². The van der Waals surface area contributed by atoms with E-state index in [2.05, 4.69) is 88.3 Å². The minimum absolute atomic E-state index is 0.0178. The maximum absolute atomic E-state index is 6.38. The molecule has 0 bridgehead atoms. The number of ether oxygens (including phenoxy) is 2. The molecule has 0 N–H and O–H groups in total. The summed E-state index contributed by atoms with van der Waals surface area (Å²) in [4.78, 5) is 9.94. The Labute approximate surface area is 376 Å². The predicted octanol–water partition coefficient (Wildman–Crippen LogP) is 13.2. The summed E-state index contributed by atoms with van der Waals surface area (Å²) in [5.74, 6) is 0.374. The van der Waals surface area contributed by atoms with Crippen molar-refractivity contribution >= 4 is 164 Å². The zero-order chi connectivity index (χ0) is 40.5. The summed E-state index contributed by atoms with van der Waals surface area (Å²) in [6.07, 6.45) is 3.29. The van der Waals surface area contributed by atoms with E-state index in [-0.39, 0.29) is 11.5 Å². The number of thiophene rings is 3. The van der Waals surface area contributed by atoms with Crippen molar-refractivity contribution < 1.29 is 9.47 Å². The van der Waals surface area contributed by atoms with E-state index in [9.17, 15) is 0 Å². The molecule has 3 nitrogen and oxygen atoms in total. The second-order valence-electron chi connectivity index (χ2n) is 20.6. The van der Waals surface area contributed by atoms with E-state index in [1.807, 2.05) is 22.7 Å². The van der Waals surface area contributed by atoms with Crippen LogP contribution in [0.15, 0.2) is 72.1 Å². The van der Waals surface area contributed by atoms with E-state index in [4.69, 9.17) is 9.47 Å². The molecule has 0 radical (unpaired) electrons. The van der Waals surface area contributed by atoms with Crippen molar-refractivity contribution in [1.82, 2.24) is 4.90 Å². The van der Waals surface area contributed by atoms with Gasteiger partial charge in [0.25, 0.3) is 0 Å². The molecule has 4 aliphatic carbocycles. The lowest BCUT2D eigenvalue weighted by Gasteiger charge is -2.40. The highest BCUT2D eigenvalue weighted by Crippen LogP contribution is 2.70. The minimum atomic E-state index is -0.0178. The number of methoxy groups -OCH3 is 1. The lowest BCUT2D eigenvalue weighted by atomic mass is 9.62. The summed E-state index contributed by atoms with van der Waals surface area (Å²) in [7, 11) is 1.78. The maximum atomic E-state index is 6.38. The smallest absolute Gasteiger partial charge is 0.0700 e. The molecule has 4 heterocycles. The van der Waals surface area contributed by atoms with Gasteiger partial charge in [-0.25, -0.2) is 0 Å². The van der Waals surface area contributed by atoms with Crippen molar-refractivity contribution in [2.45, 2.75) is 30.7 Å². The topological polar surface area (TPSA) is 21.7 Å². The minimum Gasteiger partial charge on any atom is -0.382 e. The molecule has 12 aromatic carbocycles. The Kier molecular flexibility index (Phi) is 4.98. The quantitative estimate of drug-likeness (QED) is 0.107. The summed E-state index contributed by atoms with van der Waals surface area (Å²) in [5, 5.41) is 40.2. The first-order chi connectivity index (χ1) is 31.7. The number of hydrogen-bond donors (Lipinski definition) is 0. The van der Waals surface area contributed by atoms with Crippen LogP contribution in [0.25, 0.3) is 149 Å². The van der Waals surface area contributed by atoms with Gasteiger partial charge in [0, 0.05) is 55.9 Å². The molecule has 3 atom stereocenters. The van der Waals surface area contributed by atoms with Crippen LogP contribution in [0.1, 0.15) is 34.0 Å². The summed E-state index contributed by atoms with van der Waals surface area (Å²) >= 11 is 5.85. The molecule has 5 aliphatic rings. The Morgan fingerprint density at radius 1 is 0.578 bits per heavy atom. The van der Waals surface area contributed by atoms with Crippen LogP contribution in [0.4, 0.5) is 0 Å². The van der Waals surface area contributed by atoms with Gasteiger partial charge >= 0.3 is 0 Å². The summed E-state index contributed by atoms with van der Waals surface area (Å²) in [6, 6.07) is 27.5. The Morgan fingerprint density at radius 3 is 1.98 bits per heavy atom.